The highest BCUT2D eigenvalue weighted by atomic mass is 32.1. The topological polar surface area (TPSA) is 42.0 Å². The fourth-order valence-corrected chi connectivity index (χ4v) is 4.56. The van der Waals surface area contributed by atoms with Crippen LogP contribution in [-0.4, -0.2) is 10.9 Å². The second-order valence-electron chi connectivity index (χ2n) is 6.12. The number of hydrogen-bond donors (Lipinski definition) is 1. The molecular weight excluding hydrogens is 372 g/mol. The van der Waals surface area contributed by atoms with Crippen molar-refractivity contribution in [2.24, 2.45) is 0 Å². The lowest BCUT2D eigenvalue weighted by atomic mass is 9.98. The molecule has 4 rings (SSSR count). The zero-order valence-electron chi connectivity index (χ0n) is 14.5. The van der Waals surface area contributed by atoms with Crippen molar-refractivity contribution in [2.75, 3.05) is 0 Å². The first-order valence-corrected chi connectivity index (χ1v) is 10.4. The number of amides is 1. The number of nitrogens with zero attached hydrogens (tertiary/aromatic N) is 1. The lowest BCUT2D eigenvalue weighted by Gasteiger charge is -2.19. The zero-order chi connectivity index (χ0) is 18.5. The first kappa shape index (κ1) is 17.6. The van der Waals surface area contributed by atoms with Gasteiger partial charge >= 0.3 is 0 Å². The number of carbonyl (C=O) groups is 1. The summed E-state index contributed by atoms with van der Waals surface area (Å²) in [5.41, 5.74) is 2.94. The van der Waals surface area contributed by atoms with E-state index in [2.05, 4.69) is 10.3 Å². The number of hydrogen-bond acceptors (Lipinski definition) is 4. The minimum absolute atomic E-state index is 0.0317. The van der Waals surface area contributed by atoms with Crippen molar-refractivity contribution in [1.82, 2.24) is 10.3 Å². The van der Waals surface area contributed by atoms with Crippen molar-refractivity contribution in [1.29, 1.82) is 0 Å². The van der Waals surface area contributed by atoms with Crippen LogP contribution in [0.3, 0.4) is 0 Å². The largest absolute Gasteiger partial charge is 0.345 e. The van der Waals surface area contributed by atoms with E-state index in [4.69, 9.17) is 0 Å². The Balaban J connectivity index is 1.51. The molecule has 2 aromatic heterocycles. The maximum absolute atomic E-state index is 12.7. The van der Waals surface area contributed by atoms with Gasteiger partial charge in [-0.1, -0.05) is 66.7 Å². The number of thiophene rings is 1. The van der Waals surface area contributed by atoms with Gasteiger partial charge in [0.2, 0.25) is 5.91 Å². The van der Waals surface area contributed by atoms with Gasteiger partial charge in [0.05, 0.1) is 23.0 Å². The van der Waals surface area contributed by atoms with E-state index in [0.29, 0.717) is 0 Å². The molecule has 3 nitrogen and oxygen atoms in total. The van der Waals surface area contributed by atoms with Gasteiger partial charge in [0.25, 0.3) is 0 Å². The summed E-state index contributed by atoms with van der Waals surface area (Å²) in [6.07, 6.45) is 0.276. The van der Waals surface area contributed by atoms with Gasteiger partial charge in [-0.05, 0) is 22.6 Å². The second kappa shape index (κ2) is 8.29. The normalized spacial score (nSPS) is 10.9. The summed E-state index contributed by atoms with van der Waals surface area (Å²) in [5, 5.41) is 8.14. The molecular formula is C22H18N2OS2. The van der Waals surface area contributed by atoms with Crippen LogP contribution >= 0.6 is 22.7 Å². The number of carbonyl (C=O) groups excluding carboxylic acids is 1. The Labute approximate surface area is 166 Å². The minimum Gasteiger partial charge on any atom is -0.345 e. The quantitative estimate of drug-likeness (QED) is 0.484. The standard InChI is InChI=1S/C22H18N2OS2/c25-20(14-18-15-27-22(23-18)19-12-7-13-26-19)24-21(16-8-3-1-4-9-16)17-10-5-2-6-11-17/h1-13,15,21H,14H2,(H,24,25). The Morgan fingerprint density at radius 1 is 0.889 bits per heavy atom. The second-order valence-corrected chi connectivity index (χ2v) is 7.93. The van der Waals surface area contributed by atoms with E-state index in [1.165, 1.54) is 0 Å². The Morgan fingerprint density at radius 2 is 1.56 bits per heavy atom. The number of thiazole rings is 1. The van der Waals surface area contributed by atoms with Crippen LogP contribution < -0.4 is 5.32 Å². The molecule has 0 atom stereocenters. The average Bonchev–Trinajstić information content (AvgIpc) is 3.39. The minimum atomic E-state index is -0.171. The van der Waals surface area contributed by atoms with E-state index in [0.717, 1.165) is 26.7 Å². The van der Waals surface area contributed by atoms with Gasteiger partial charge in [-0.15, -0.1) is 22.7 Å². The van der Waals surface area contributed by atoms with Crippen LogP contribution in [-0.2, 0) is 11.2 Å². The van der Waals surface area contributed by atoms with Crippen LogP contribution in [0.25, 0.3) is 9.88 Å². The maximum Gasteiger partial charge on any atom is 0.226 e. The lowest BCUT2D eigenvalue weighted by molar-refractivity contribution is -0.121. The van der Waals surface area contributed by atoms with Crippen LogP contribution in [0.15, 0.2) is 83.6 Å². The predicted molar refractivity (Wildman–Crippen MR) is 112 cm³/mol. The Morgan fingerprint density at radius 3 is 2.15 bits per heavy atom. The third-order valence-electron chi connectivity index (χ3n) is 4.20. The van der Waals surface area contributed by atoms with Crippen molar-refractivity contribution in [3.05, 3.63) is 100 Å². The lowest BCUT2D eigenvalue weighted by Crippen LogP contribution is -2.30. The van der Waals surface area contributed by atoms with Crippen molar-refractivity contribution in [3.8, 4) is 9.88 Å². The average molecular weight is 391 g/mol. The molecule has 27 heavy (non-hydrogen) atoms. The van der Waals surface area contributed by atoms with Gasteiger partial charge in [0, 0.05) is 5.38 Å². The molecule has 1 N–H and O–H groups in total. The highest BCUT2D eigenvalue weighted by molar-refractivity contribution is 7.20. The van der Waals surface area contributed by atoms with Gasteiger partial charge in [0.1, 0.15) is 5.01 Å². The summed E-state index contributed by atoms with van der Waals surface area (Å²) in [4.78, 5) is 18.5. The van der Waals surface area contributed by atoms with Crippen LogP contribution in [0.4, 0.5) is 0 Å². The SMILES string of the molecule is O=C(Cc1csc(-c2cccs2)n1)NC(c1ccccc1)c1ccccc1. The third-order valence-corrected chi connectivity index (χ3v) is 6.13. The smallest absolute Gasteiger partial charge is 0.226 e. The fraction of sp³-hybridized carbons (Fsp3) is 0.0909. The summed E-state index contributed by atoms with van der Waals surface area (Å²) < 4.78 is 0. The molecule has 2 heterocycles. The number of nitrogens with one attached hydrogen (secondary N) is 1. The molecule has 0 unspecified atom stereocenters. The molecule has 2 aromatic carbocycles. The van der Waals surface area contributed by atoms with E-state index >= 15 is 0 Å². The Kier molecular flexibility index (Phi) is 5.42. The Hall–Kier alpha value is -2.76. The van der Waals surface area contributed by atoms with E-state index in [1.54, 1.807) is 22.7 Å². The molecule has 134 valence electrons. The summed E-state index contributed by atoms with van der Waals surface area (Å²) in [6.45, 7) is 0. The van der Waals surface area contributed by atoms with Crippen LogP contribution in [0, 0.1) is 0 Å². The van der Waals surface area contributed by atoms with Gasteiger partial charge in [-0.3, -0.25) is 4.79 Å². The van der Waals surface area contributed by atoms with E-state index in [1.807, 2.05) is 83.6 Å². The van der Waals surface area contributed by atoms with Crippen LogP contribution in [0.2, 0.25) is 0 Å². The number of benzene rings is 2. The van der Waals surface area contributed by atoms with Gasteiger partial charge in [0.15, 0.2) is 0 Å². The first-order chi connectivity index (χ1) is 13.3. The molecule has 0 bridgehead atoms. The first-order valence-electron chi connectivity index (χ1n) is 8.67. The molecule has 0 fully saturated rings. The number of rotatable bonds is 6. The predicted octanol–water partition coefficient (Wildman–Crippen LogP) is 5.32. The molecule has 0 radical (unpaired) electrons. The monoisotopic (exact) mass is 390 g/mol. The van der Waals surface area contributed by atoms with Crippen molar-refractivity contribution >= 4 is 28.6 Å². The summed E-state index contributed by atoms with van der Waals surface area (Å²) in [6, 6.07) is 24.0. The summed E-state index contributed by atoms with van der Waals surface area (Å²) >= 11 is 3.24. The summed E-state index contributed by atoms with van der Waals surface area (Å²) in [5.74, 6) is -0.0317. The molecule has 1 amide bonds. The highest BCUT2D eigenvalue weighted by Crippen LogP contribution is 2.28. The fourth-order valence-electron chi connectivity index (χ4n) is 2.93. The van der Waals surface area contributed by atoms with Crippen molar-refractivity contribution in [3.63, 3.8) is 0 Å². The zero-order valence-corrected chi connectivity index (χ0v) is 16.2. The van der Waals surface area contributed by atoms with E-state index < -0.39 is 0 Å². The molecule has 0 aliphatic heterocycles. The van der Waals surface area contributed by atoms with Gasteiger partial charge in [-0.2, -0.15) is 0 Å². The summed E-state index contributed by atoms with van der Waals surface area (Å²) in [7, 11) is 0. The molecule has 0 saturated carbocycles. The molecule has 4 aromatic rings. The number of aromatic nitrogens is 1. The van der Waals surface area contributed by atoms with E-state index in [9.17, 15) is 4.79 Å². The van der Waals surface area contributed by atoms with Crippen LogP contribution in [0.5, 0.6) is 0 Å². The molecule has 0 spiro atoms. The molecule has 0 aliphatic carbocycles. The molecule has 0 aliphatic rings. The Bertz CT molecular complexity index is 956. The van der Waals surface area contributed by atoms with Crippen molar-refractivity contribution in [2.45, 2.75) is 12.5 Å². The van der Waals surface area contributed by atoms with Gasteiger partial charge in [-0.25, -0.2) is 4.98 Å². The van der Waals surface area contributed by atoms with Gasteiger partial charge < -0.3 is 5.32 Å². The maximum atomic E-state index is 12.7. The van der Waals surface area contributed by atoms with E-state index in [-0.39, 0.29) is 18.4 Å². The highest BCUT2D eigenvalue weighted by Gasteiger charge is 2.17. The molecule has 0 saturated heterocycles. The van der Waals surface area contributed by atoms with Crippen molar-refractivity contribution < 1.29 is 4.79 Å². The molecule has 5 heteroatoms. The van der Waals surface area contributed by atoms with Crippen LogP contribution in [0.1, 0.15) is 22.9 Å². The third kappa shape index (κ3) is 4.32.